The van der Waals surface area contributed by atoms with E-state index in [1.54, 1.807) is 7.11 Å². The first-order valence-electron chi connectivity index (χ1n) is 9.42. The third-order valence-corrected chi connectivity index (χ3v) is 4.86. The molecule has 11 nitrogen and oxygen atoms in total. The van der Waals surface area contributed by atoms with E-state index in [4.69, 9.17) is 19.7 Å². The number of azide groups is 1. The van der Waals surface area contributed by atoms with Gasteiger partial charge in [0.25, 0.3) is 5.56 Å². The number of nitrogens with one attached hydrogen (secondary N) is 1. The molecule has 160 valence electrons. The molecule has 1 aliphatic heterocycles. The lowest BCUT2D eigenvalue weighted by atomic mass is 10.1. The summed E-state index contributed by atoms with van der Waals surface area (Å²) in [6.07, 6.45) is -1.08. The molecule has 0 bridgehead atoms. The van der Waals surface area contributed by atoms with Gasteiger partial charge in [0.05, 0.1) is 32.5 Å². The van der Waals surface area contributed by atoms with Crippen molar-refractivity contribution in [1.82, 2.24) is 9.55 Å². The van der Waals surface area contributed by atoms with Gasteiger partial charge in [0, 0.05) is 23.6 Å². The summed E-state index contributed by atoms with van der Waals surface area (Å²) in [5, 5.41) is 14.0. The van der Waals surface area contributed by atoms with E-state index >= 15 is 0 Å². The van der Waals surface area contributed by atoms with E-state index < -0.39 is 35.8 Å². The van der Waals surface area contributed by atoms with Gasteiger partial charge in [0.1, 0.15) is 11.9 Å². The van der Waals surface area contributed by atoms with Crippen molar-refractivity contribution in [3.8, 4) is 5.75 Å². The van der Waals surface area contributed by atoms with Crippen LogP contribution in [0.1, 0.15) is 18.2 Å². The Balaban J connectivity index is 1.65. The minimum absolute atomic E-state index is 0.0176. The molecule has 0 radical (unpaired) electrons. The molecule has 1 fully saturated rings. The van der Waals surface area contributed by atoms with Crippen LogP contribution in [0.15, 0.2) is 51.2 Å². The van der Waals surface area contributed by atoms with E-state index in [1.165, 1.54) is 12.3 Å². The highest BCUT2D eigenvalue weighted by Crippen LogP contribution is 2.30. The van der Waals surface area contributed by atoms with E-state index in [0.717, 1.165) is 15.9 Å². The second-order valence-corrected chi connectivity index (χ2v) is 6.81. The number of aliphatic hydroxyl groups is 1. The Bertz CT molecular complexity index is 997. The fourth-order valence-electron chi connectivity index (χ4n) is 3.31. The first-order valence-corrected chi connectivity index (χ1v) is 9.42. The third kappa shape index (κ3) is 5.28. The lowest BCUT2D eigenvalue weighted by Gasteiger charge is -2.23. The summed E-state index contributed by atoms with van der Waals surface area (Å²) < 4.78 is 18.0. The van der Waals surface area contributed by atoms with Crippen LogP contribution in [0.5, 0.6) is 5.75 Å². The molecule has 0 saturated carbocycles. The van der Waals surface area contributed by atoms with Crippen molar-refractivity contribution < 1.29 is 19.3 Å². The molecule has 3 rings (SSSR count). The molecule has 1 aromatic heterocycles. The Labute approximate surface area is 171 Å². The topological polar surface area (TPSA) is 152 Å². The van der Waals surface area contributed by atoms with Crippen molar-refractivity contribution in [2.24, 2.45) is 5.11 Å². The highest BCUT2D eigenvalue weighted by Gasteiger charge is 2.40. The van der Waals surface area contributed by atoms with Crippen LogP contribution in [0.3, 0.4) is 0 Å². The summed E-state index contributed by atoms with van der Waals surface area (Å²) in [6, 6.07) is 8.75. The molecule has 2 heterocycles. The average Bonchev–Trinajstić information content (AvgIpc) is 3.12. The fraction of sp³-hybridized carbons (Fsp3) is 0.474. The zero-order valence-electron chi connectivity index (χ0n) is 16.4. The van der Waals surface area contributed by atoms with E-state index in [-0.39, 0.29) is 13.0 Å². The summed E-state index contributed by atoms with van der Waals surface area (Å²) in [7, 11) is 1.60. The maximum Gasteiger partial charge on any atom is 0.330 e. The number of hydrogen-bond acceptors (Lipinski definition) is 7. The number of nitrogens with zero attached hydrogens (tertiary/aromatic N) is 4. The summed E-state index contributed by atoms with van der Waals surface area (Å²) in [4.78, 5) is 28.2. The molecule has 0 aliphatic carbocycles. The van der Waals surface area contributed by atoms with Crippen LogP contribution in [0, 0.1) is 0 Å². The number of aromatic amines is 1. The molecule has 0 unspecified atom stereocenters. The highest BCUT2D eigenvalue weighted by molar-refractivity contribution is 5.27. The minimum Gasteiger partial charge on any atom is -0.497 e. The highest BCUT2D eigenvalue weighted by atomic mass is 16.6. The molecular weight excluding hydrogens is 394 g/mol. The Morgan fingerprint density at radius 3 is 2.80 bits per heavy atom. The summed E-state index contributed by atoms with van der Waals surface area (Å²) in [5.74, 6) is 0.762. The van der Waals surface area contributed by atoms with Crippen LogP contribution in [0.25, 0.3) is 10.4 Å². The Morgan fingerprint density at radius 1 is 1.37 bits per heavy atom. The SMILES string of the molecule is COc1ccc(CCO[C@H](CN=[N+]=[N-])[C@@H]2C[C@@H](O)[C@H](n3ccc(=O)[nH]c3=O)O2)cc1. The van der Waals surface area contributed by atoms with Gasteiger partial charge < -0.3 is 19.3 Å². The number of rotatable bonds is 9. The van der Waals surface area contributed by atoms with E-state index in [1.807, 2.05) is 24.3 Å². The summed E-state index contributed by atoms with van der Waals surface area (Å²) in [6.45, 7) is 0.362. The average molecular weight is 417 g/mol. The monoisotopic (exact) mass is 417 g/mol. The second-order valence-electron chi connectivity index (χ2n) is 6.81. The van der Waals surface area contributed by atoms with Crippen LogP contribution in [0.2, 0.25) is 0 Å². The number of benzene rings is 1. The lowest BCUT2D eigenvalue weighted by molar-refractivity contribution is -0.0938. The Morgan fingerprint density at radius 2 is 2.13 bits per heavy atom. The standard InChI is InChI=1S/C19H23N5O6/c1-28-13-4-2-12(3-5-13)7-9-29-16(11-21-23-20)15-10-14(25)18(30-15)24-8-6-17(26)22-19(24)27/h2-6,8,14-16,18,25H,7,9-11H2,1H3,(H,22,26,27)/t14-,15+,16-,18-/m1/s1. The van der Waals surface area contributed by atoms with Gasteiger partial charge in [-0.2, -0.15) is 0 Å². The largest absolute Gasteiger partial charge is 0.497 e. The number of aliphatic hydroxyl groups excluding tert-OH is 1. The normalized spacial score (nSPS) is 21.7. The molecule has 2 N–H and O–H groups in total. The van der Waals surface area contributed by atoms with E-state index in [2.05, 4.69) is 15.0 Å². The van der Waals surface area contributed by atoms with Gasteiger partial charge in [-0.25, -0.2) is 4.79 Å². The zero-order valence-corrected chi connectivity index (χ0v) is 16.4. The van der Waals surface area contributed by atoms with Crippen LogP contribution in [-0.4, -0.2) is 53.2 Å². The Hall–Kier alpha value is -3.11. The quantitative estimate of drug-likeness (QED) is 0.354. The predicted octanol–water partition coefficient (Wildman–Crippen LogP) is 1.13. The third-order valence-electron chi connectivity index (χ3n) is 4.86. The van der Waals surface area contributed by atoms with Crippen LogP contribution in [0.4, 0.5) is 0 Å². The zero-order chi connectivity index (χ0) is 21.5. The molecule has 0 spiro atoms. The molecular formula is C19H23N5O6. The molecule has 30 heavy (non-hydrogen) atoms. The van der Waals surface area contributed by atoms with Crippen molar-refractivity contribution in [3.05, 3.63) is 73.4 Å². The van der Waals surface area contributed by atoms with E-state index in [0.29, 0.717) is 13.0 Å². The maximum absolute atomic E-state index is 12.0. The smallest absolute Gasteiger partial charge is 0.330 e. The minimum atomic E-state index is -0.989. The summed E-state index contributed by atoms with van der Waals surface area (Å²) >= 11 is 0. The molecule has 1 saturated heterocycles. The number of hydrogen-bond donors (Lipinski definition) is 2. The van der Waals surface area contributed by atoms with Gasteiger partial charge in [-0.15, -0.1) is 0 Å². The number of methoxy groups -OCH3 is 1. The molecule has 0 amide bonds. The number of ether oxygens (including phenoxy) is 3. The molecule has 11 heteroatoms. The maximum atomic E-state index is 12.0. The number of H-pyrrole nitrogens is 1. The lowest BCUT2D eigenvalue weighted by Crippen LogP contribution is -2.36. The number of aromatic nitrogens is 2. The molecule has 1 aromatic carbocycles. The van der Waals surface area contributed by atoms with Crippen molar-refractivity contribution in [2.75, 3.05) is 20.3 Å². The first-order chi connectivity index (χ1) is 14.5. The molecule has 4 atom stereocenters. The van der Waals surface area contributed by atoms with Crippen molar-refractivity contribution in [2.45, 2.75) is 37.4 Å². The fourth-order valence-corrected chi connectivity index (χ4v) is 3.31. The van der Waals surface area contributed by atoms with Gasteiger partial charge in [0.15, 0.2) is 6.23 Å². The molecule has 2 aromatic rings. The predicted molar refractivity (Wildman–Crippen MR) is 106 cm³/mol. The van der Waals surface area contributed by atoms with Gasteiger partial charge in [-0.1, -0.05) is 17.2 Å². The van der Waals surface area contributed by atoms with Gasteiger partial charge >= 0.3 is 5.69 Å². The molecule has 1 aliphatic rings. The van der Waals surface area contributed by atoms with Crippen LogP contribution >= 0.6 is 0 Å². The van der Waals surface area contributed by atoms with Crippen molar-refractivity contribution >= 4 is 0 Å². The van der Waals surface area contributed by atoms with Gasteiger partial charge in [-0.3, -0.25) is 14.3 Å². The first kappa shape index (κ1) is 21.6. The van der Waals surface area contributed by atoms with Gasteiger partial charge in [-0.05, 0) is 29.6 Å². The van der Waals surface area contributed by atoms with Crippen LogP contribution < -0.4 is 16.0 Å². The van der Waals surface area contributed by atoms with Crippen LogP contribution in [-0.2, 0) is 15.9 Å². The van der Waals surface area contributed by atoms with Crippen molar-refractivity contribution in [3.63, 3.8) is 0 Å². The van der Waals surface area contributed by atoms with Gasteiger partial charge in [0.2, 0.25) is 0 Å². The van der Waals surface area contributed by atoms with Crippen molar-refractivity contribution in [1.29, 1.82) is 0 Å². The van der Waals surface area contributed by atoms with E-state index in [9.17, 15) is 14.7 Å². The summed E-state index contributed by atoms with van der Waals surface area (Å²) in [5.41, 5.74) is 8.50. The second kappa shape index (κ2) is 10.1. The Kier molecular flexibility index (Phi) is 7.26.